The van der Waals surface area contributed by atoms with Gasteiger partial charge in [-0.15, -0.1) is 0 Å². The van der Waals surface area contributed by atoms with Crippen LogP contribution in [0.4, 0.5) is 5.82 Å². The maximum atomic E-state index is 9.43. The Labute approximate surface area is 152 Å². The zero-order chi connectivity index (χ0) is 17.8. The largest absolute Gasteiger partial charge is 0.394 e. The minimum Gasteiger partial charge on any atom is -0.394 e. The molecule has 0 aromatic carbocycles. The lowest BCUT2D eigenvalue weighted by atomic mass is 9.97. The van der Waals surface area contributed by atoms with E-state index in [0.29, 0.717) is 12.4 Å². The molecule has 0 amide bonds. The molecule has 26 heavy (non-hydrogen) atoms. The lowest BCUT2D eigenvalue weighted by Crippen LogP contribution is -2.36. The van der Waals surface area contributed by atoms with E-state index < -0.39 is 0 Å². The summed E-state index contributed by atoms with van der Waals surface area (Å²) in [6, 6.07) is 9.83. The van der Waals surface area contributed by atoms with Gasteiger partial charge < -0.3 is 10.0 Å². The van der Waals surface area contributed by atoms with Gasteiger partial charge in [0.25, 0.3) is 0 Å². The Morgan fingerprint density at radius 3 is 2.88 bits per heavy atom. The number of rotatable bonds is 5. The molecule has 7 heteroatoms. The molecule has 1 saturated heterocycles. The molecule has 7 nitrogen and oxygen atoms in total. The highest BCUT2D eigenvalue weighted by Gasteiger charge is 2.27. The zero-order valence-corrected chi connectivity index (χ0v) is 14.6. The number of nitrogens with zero attached hydrogens (tertiary/aromatic N) is 6. The highest BCUT2D eigenvalue weighted by Crippen LogP contribution is 2.29. The molecule has 4 rings (SSSR count). The van der Waals surface area contributed by atoms with E-state index >= 15 is 0 Å². The van der Waals surface area contributed by atoms with Crippen LogP contribution in [0.2, 0.25) is 0 Å². The van der Waals surface area contributed by atoms with Gasteiger partial charge in [-0.1, -0.05) is 6.07 Å². The normalized spacial score (nSPS) is 17.4. The Kier molecular flexibility index (Phi) is 4.88. The number of hydrogen-bond acceptors (Lipinski definition) is 6. The molecule has 4 heterocycles. The lowest BCUT2D eigenvalue weighted by molar-refractivity contribution is 0.264. The molecule has 1 aliphatic heterocycles. The van der Waals surface area contributed by atoms with Crippen LogP contribution in [0.5, 0.6) is 0 Å². The van der Waals surface area contributed by atoms with Crippen LogP contribution in [0.3, 0.4) is 0 Å². The van der Waals surface area contributed by atoms with Gasteiger partial charge in [0.05, 0.1) is 13.2 Å². The number of pyridine rings is 2. The predicted molar refractivity (Wildman–Crippen MR) is 98.8 cm³/mol. The fourth-order valence-corrected chi connectivity index (χ4v) is 3.47. The lowest BCUT2D eigenvalue weighted by Gasteiger charge is -2.33. The predicted octanol–water partition coefficient (Wildman–Crippen LogP) is 2.11. The Morgan fingerprint density at radius 1 is 1.15 bits per heavy atom. The summed E-state index contributed by atoms with van der Waals surface area (Å²) in [5, 5.41) is 14.0. The minimum absolute atomic E-state index is 0.0412. The van der Waals surface area contributed by atoms with Crippen LogP contribution >= 0.6 is 0 Å². The summed E-state index contributed by atoms with van der Waals surface area (Å²) in [7, 11) is 0. The van der Waals surface area contributed by atoms with E-state index in [0.717, 1.165) is 43.1 Å². The summed E-state index contributed by atoms with van der Waals surface area (Å²) >= 11 is 0. The van der Waals surface area contributed by atoms with Crippen molar-refractivity contribution in [3.8, 4) is 11.4 Å². The van der Waals surface area contributed by atoms with Gasteiger partial charge in [-0.2, -0.15) is 5.10 Å². The SMILES string of the molecule is OCCn1nc(-c2cccnc2)nc1[C@H]1CCCN(c2ccccn2)C1. The average Bonchev–Trinajstić information content (AvgIpc) is 3.14. The monoisotopic (exact) mass is 350 g/mol. The van der Waals surface area contributed by atoms with Crippen molar-refractivity contribution in [3.63, 3.8) is 0 Å². The summed E-state index contributed by atoms with van der Waals surface area (Å²) in [6.07, 6.45) is 7.47. The molecule has 1 N–H and O–H groups in total. The highest BCUT2D eigenvalue weighted by atomic mass is 16.3. The summed E-state index contributed by atoms with van der Waals surface area (Å²) in [6.45, 7) is 2.34. The molecule has 0 aliphatic carbocycles. The smallest absolute Gasteiger partial charge is 0.182 e. The van der Waals surface area contributed by atoms with Gasteiger partial charge in [-0.3, -0.25) is 4.98 Å². The van der Waals surface area contributed by atoms with Gasteiger partial charge in [0.1, 0.15) is 11.6 Å². The molecule has 1 fully saturated rings. The second kappa shape index (κ2) is 7.61. The van der Waals surface area contributed by atoms with Crippen molar-refractivity contribution in [1.29, 1.82) is 0 Å². The van der Waals surface area contributed by atoms with Crippen LogP contribution in [0.15, 0.2) is 48.9 Å². The van der Waals surface area contributed by atoms with Crippen LogP contribution in [0.1, 0.15) is 24.6 Å². The van der Waals surface area contributed by atoms with Crippen molar-refractivity contribution in [1.82, 2.24) is 24.7 Å². The number of aliphatic hydroxyl groups is 1. The van der Waals surface area contributed by atoms with Crippen molar-refractivity contribution in [2.24, 2.45) is 0 Å². The second-order valence-corrected chi connectivity index (χ2v) is 6.46. The number of aliphatic hydroxyl groups excluding tert-OH is 1. The molecular formula is C19H22N6O. The van der Waals surface area contributed by atoms with Gasteiger partial charge in [-0.25, -0.2) is 14.6 Å². The molecule has 0 radical (unpaired) electrons. The zero-order valence-electron chi connectivity index (χ0n) is 14.6. The molecule has 1 aliphatic rings. The molecule has 134 valence electrons. The van der Waals surface area contributed by atoms with Gasteiger partial charge in [-0.05, 0) is 37.1 Å². The average molecular weight is 350 g/mol. The molecular weight excluding hydrogens is 328 g/mol. The minimum atomic E-state index is 0.0412. The van der Waals surface area contributed by atoms with Gasteiger partial charge in [0.15, 0.2) is 5.82 Å². The number of piperidine rings is 1. The van der Waals surface area contributed by atoms with E-state index in [9.17, 15) is 5.11 Å². The van der Waals surface area contributed by atoms with Crippen molar-refractivity contribution < 1.29 is 5.11 Å². The van der Waals surface area contributed by atoms with Crippen molar-refractivity contribution >= 4 is 5.82 Å². The van der Waals surface area contributed by atoms with Gasteiger partial charge >= 0.3 is 0 Å². The third-order valence-electron chi connectivity index (χ3n) is 4.69. The Morgan fingerprint density at radius 2 is 2.12 bits per heavy atom. The van der Waals surface area contributed by atoms with Crippen molar-refractivity contribution in [2.45, 2.75) is 25.3 Å². The first kappa shape index (κ1) is 16.7. The van der Waals surface area contributed by atoms with E-state index in [2.05, 4.69) is 20.0 Å². The molecule has 0 unspecified atom stereocenters. The Bertz CT molecular complexity index is 836. The first-order valence-corrected chi connectivity index (χ1v) is 8.97. The molecule has 0 spiro atoms. The summed E-state index contributed by atoms with van der Waals surface area (Å²) in [4.78, 5) is 15.7. The number of aromatic nitrogens is 5. The van der Waals surface area contributed by atoms with Crippen LogP contribution in [-0.2, 0) is 6.54 Å². The fraction of sp³-hybridized carbons (Fsp3) is 0.368. The van der Waals surface area contributed by atoms with E-state index in [1.165, 1.54) is 0 Å². The molecule has 1 atom stereocenters. The molecule has 0 saturated carbocycles. The van der Waals surface area contributed by atoms with E-state index in [-0.39, 0.29) is 12.5 Å². The standard InChI is InChI=1S/C19H22N6O/c26-12-11-25-19(22-18(23-25)15-5-3-8-20-13-15)16-6-4-10-24(14-16)17-7-1-2-9-21-17/h1-3,5,7-9,13,16,26H,4,6,10-12,14H2/t16-/m0/s1. The molecule has 3 aromatic rings. The third-order valence-corrected chi connectivity index (χ3v) is 4.69. The third kappa shape index (κ3) is 3.43. The van der Waals surface area contributed by atoms with Crippen LogP contribution in [0, 0.1) is 0 Å². The second-order valence-electron chi connectivity index (χ2n) is 6.46. The van der Waals surface area contributed by atoms with Crippen LogP contribution in [0.25, 0.3) is 11.4 Å². The first-order valence-electron chi connectivity index (χ1n) is 8.97. The summed E-state index contributed by atoms with van der Waals surface area (Å²) in [5.74, 6) is 2.85. The quantitative estimate of drug-likeness (QED) is 0.759. The molecule has 3 aromatic heterocycles. The molecule has 0 bridgehead atoms. The van der Waals surface area contributed by atoms with Crippen molar-refractivity contribution in [2.75, 3.05) is 24.6 Å². The first-order chi connectivity index (χ1) is 12.8. The van der Waals surface area contributed by atoms with Crippen LogP contribution < -0.4 is 4.90 Å². The van der Waals surface area contributed by atoms with E-state index in [1.54, 1.807) is 12.4 Å². The highest BCUT2D eigenvalue weighted by molar-refractivity contribution is 5.52. The topological polar surface area (TPSA) is 80.0 Å². The number of anilines is 1. The summed E-state index contributed by atoms with van der Waals surface area (Å²) < 4.78 is 1.84. The van der Waals surface area contributed by atoms with E-state index in [4.69, 9.17) is 4.98 Å². The fourth-order valence-electron chi connectivity index (χ4n) is 3.47. The number of hydrogen-bond donors (Lipinski definition) is 1. The van der Waals surface area contributed by atoms with Crippen LogP contribution in [-0.4, -0.2) is 49.5 Å². The van der Waals surface area contributed by atoms with Crippen molar-refractivity contribution in [3.05, 3.63) is 54.7 Å². The maximum absolute atomic E-state index is 9.43. The summed E-state index contributed by atoms with van der Waals surface area (Å²) in [5.41, 5.74) is 0.892. The Hall–Kier alpha value is -2.80. The maximum Gasteiger partial charge on any atom is 0.182 e. The van der Waals surface area contributed by atoms with Gasteiger partial charge in [0.2, 0.25) is 0 Å². The van der Waals surface area contributed by atoms with E-state index in [1.807, 2.05) is 41.2 Å². The van der Waals surface area contributed by atoms with Gasteiger partial charge in [0, 0.05) is 43.2 Å². The Balaban J connectivity index is 1.62.